The van der Waals surface area contributed by atoms with Gasteiger partial charge in [-0.3, -0.25) is 4.90 Å². The Hall–Kier alpha value is -1.29. The second-order valence-electron chi connectivity index (χ2n) is 9.62. The van der Waals surface area contributed by atoms with Crippen molar-refractivity contribution >= 4 is 11.8 Å². The van der Waals surface area contributed by atoms with E-state index in [0.29, 0.717) is 12.0 Å². The first-order chi connectivity index (χ1) is 12.9. The molecule has 0 aromatic heterocycles. The lowest BCUT2D eigenvalue weighted by molar-refractivity contribution is -0.120. The third kappa shape index (κ3) is 2.78. The molecule has 1 saturated heterocycles. The number of hydrogen-bond acceptors (Lipinski definition) is 3. The molecular weight excluding hydrogens is 350 g/mol. The van der Waals surface area contributed by atoms with Gasteiger partial charge in [-0.2, -0.15) is 0 Å². The molecule has 1 fully saturated rings. The summed E-state index contributed by atoms with van der Waals surface area (Å²) in [7, 11) is 0. The minimum absolute atomic E-state index is 0.0906. The van der Waals surface area contributed by atoms with Crippen LogP contribution in [0.4, 0.5) is 0 Å². The van der Waals surface area contributed by atoms with Gasteiger partial charge in [0.1, 0.15) is 0 Å². The standard InChI is InChI=1S/C24H29NOS/c1-23(2,3)24(26)11-12-25-15-17-13-16-7-4-5-9-20(16)27-21-10-6-8-18(22(17)21)19(25)14-24/h4-10,17,19,26H,11-15H2,1-3H3. The molecule has 2 aromatic carbocycles. The molecule has 27 heavy (non-hydrogen) atoms. The van der Waals surface area contributed by atoms with Gasteiger partial charge in [0.15, 0.2) is 0 Å². The van der Waals surface area contributed by atoms with Crippen LogP contribution in [0.5, 0.6) is 0 Å². The topological polar surface area (TPSA) is 23.5 Å². The summed E-state index contributed by atoms with van der Waals surface area (Å²) in [6.07, 6.45) is 2.84. The summed E-state index contributed by atoms with van der Waals surface area (Å²) in [6, 6.07) is 16.1. The number of benzene rings is 2. The van der Waals surface area contributed by atoms with Gasteiger partial charge in [0, 0.05) is 34.8 Å². The lowest BCUT2D eigenvalue weighted by atomic mass is 9.66. The van der Waals surface area contributed by atoms with Crippen LogP contribution in [0.2, 0.25) is 0 Å². The minimum Gasteiger partial charge on any atom is -0.389 e. The molecule has 0 aliphatic carbocycles. The number of piperidine rings is 1. The molecule has 1 N–H and O–H groups in total. The summed E-state index contributed by atoms with van der Waals surface area (Å²) < 4.78 is 0. The second-order valence-corrected chi connectivity index (χ2v) is 10.7. The summed E-state index contributed by atoms with van der Waals surface area (Å²) in [5, 5.41) is 11.4. The van der Waals surface area contributed by atoms with Crippen molar-refractivity contribution in [2.24, 2.45) is 5.41 Å². The fourth-order valence-electron chi connectivity index (χ4n) is 5.32. The van der Waals surface area contributed by atoms with Crippen molar-refractivity contribution < 1.29 is 5.11 Å². The molecule has 0 spiro atoms. The third-order valence-corrected chi connectivity index (χ3v) is 8.36. The van der Waals surface area contributed by atoms with Crippen molar-refractivity contribution in [2.75, 3.05) is 13.1 Å². The Labute approximate surface area is 167 Å². The summed E-state index contributed by atoms with van der Waals surface area (Å²) in [4.78, 5) is 5.48. The molecule has 3 heteroatoms. The monoisotopic (exact) mass is 379 g/mol. The highest BCUT2D eigenvalue weighted by Crippen LogP contribution is 2.53. The Morgan fingerprint density at radius 3 is 2.67 bits per heavy atom. The Kier molecular flexibility index (Phi) is 4.02. The van der Waals surface area contributed by atoms with Crippen LogP contribution in [0, 0.1) is 5.41 Å². The molecule has 3 aliphatic heterocycles. The second kappa shape index (κ2) is 6.10. The van der Waals surface area contributed by atoms with Crippen molar-refractivity contribution in [3.8, 4) is 0 Å². The van der Waals surface area contributed by atoms with Crippen LogP contribution >= 0.6 is 11.8 Å². The maximum absolute atomic E-state index is 11.4. The summed E-state index contributed by atoms with van der Waals surface area (Å²) in [6.45, 7) is 8.67. The van der Waals surface area contributed by atoms with Crippen molar-refractivity contribution in [3.05, 3.63) is 59.2 Å². The molecule has 2 aromatic rings. The minimum atomic E-state index is -0.593. The van der Waals surface area contributed by atoms with Crippen LogP contribution in [-0.2, 0) is 6.42 Å². The maximum atomic E-state index is 11.4. The predicted molar refractivity (Wildman–Crippen MR) is 111 cm³/mol. The van der Waals surface area contributed by atoms with Crippen LogP contribution in [0.3, 0.4) is 0 Å². The smallest absolute Gasteiger partial charge is 0.0726 e. The highest BCUT2D eigenvalue weighted by molar-refractivity contribution is 7.99. The van der Waals surface area contributed by atoms with Gasteiger partial charge in [0.05, 0.1) is 5.60 Å². The molecule has 0 radical (unpaired) electrons. The predicted octanol–water partition coefficient (Wildman–Crippen LogP) is 5.41. The zero-order valence-electron chi connectivity index (χ0n) is 16.5. The highest BCUT2D eigenvalue weighted by Gasteiger charge is 2.49. The van der Waals surface area contributed by atoms with Crippen LogP contribution in [0.25, 0.3) is 0 Å². The van der Waals surface area contributed by atoms with Gasteiger partial charge < -0.3 is 5.11 Å². The van der Waals surface area contributed by atoms with Crippen molar-refractivity contribution in [3.63, 3.8) is 0 Å². The first-order valence-electron chi connectivity index (χ1n) is 10.2. The quantitative estimate of drug-likeness (QED) is 0.662. The van der Waals surface area contributed by atoms with E-state index in [1.165, 1.54) is 20.9 Å². The molecule has 0 amide bonds. The van der Waals surface area contributed by atoms with Gasteiger partial charge >= 0.3 is 0 Å². The average Bonchev–Trinajstić information content (AvgIpc) is 2.79. The molecule has 2 nitrogen and oxygen atoms in total. The first-order valence-corrected chi connectivity index (χ1v) is 11.0. The largest absolute Gasteiger partial charge is 0.389 e. The fourth-order valence-corrected chi connectivity index (χ4v) is 6.52. The van der Waals surface area contributed by atoms with E-state index in [2.05, 4.69) is 68.1 Å². The van der Waals surface area contributed by atoms with Crippen LogP contribution in [0.15, 0.2) is 52.3 Å². The van der Waals surface area contributed by atoms with E-state index >= 15 is 0 Å². The zero-order chi connectivity index (χ0) is 18.8. The maximum Gasteiger partial charge on any atom is 0.0726 e. The Bertz CT molecular complexity index is 886. The van der Waals surface area contributed by atoms with Crippen LogP contribution in [0.1, 0.15) is 62.3 Å². The Morgan fingerprint density at radius 2 is 1.85 bits per heavy atom. The van der Waals surface area contributed by atoms with E-state index in [1.807, 2.05) is 11.8 Å². The summed E-state index contributed by atoms with van der Waals surface area (Å²) in [5.74, 6) is 0.560. The molecule has 5 rings (SSSR count). The SMILES string of the molecule is CC(C)(C)C1(O)CCN2CC3Cc4ccccc4Sc4cccc(c43)C2C1. The fraction of sp³-hybridized carbons (Fsp3) is 0.500. The number of hydrogen-bond donors (Lipinski definition) is 1. The van der Waals surface area contributed by atoms with Gasteiger partial charge in [-0.05, 0) is 53.5 Å². The van der Waals surface area contributed by atoms with E-state index in [4.69, 9.17) is 0 Å². The normalized spacial score (nSPS) is 30.1. The van der Waals surface area contributed by atoms with Gasteiger partial charge in [-0.25, -0.2) is 0 Å². The van der Waals surface area contributed by atoms with Crippen molar-refractivity contribution in [2.45, 2.75) is 67.4 Å². The van der Waals surface area contributed by atoms with Crippen molar-refractivity contribution in [1.29, 1.82) is 0 Å². The van der Waals surface area contributed by atoms with E-state index in [0.717, 1.165) is 32.4 Å². The van der Waals surface area contributed by atoms with E-state index < -0.39 is 5.60 Å². The molecule has 3 heterocycles. The number of aliphatic hydroxyl groups is 1. The average molecular weight is 380 g/mol. The van der Waals surface area contributed by atoms with Crippen LogP contribution in [-0.4, -0.2) is 28.7 Å². The van der Waals surface area contributed by atoms with Gasteiger partial charge in [-0.15, -0.1) is 0 Å². The third-order valence-electron chi connectivity index (χ3n) is 7.16. The number of fused-ring (bicyclic) bond motifs is 3. The lowest BCUT2D eigenvalue weighted by Gasteiger charge is -2.53. The molecule has 3 atom stereocenters. The molecule has 142 valence electrons. The van der Waals surface area contributed by atoms with Gasteiger partial charge in [0.25, 0.3) is 0 Å². The lowest BCUT2D eigenvalue weighted by Crippen LogP contribution is -2.54. The first kappa shape index (κ1) is 17.8. The summed E-state index contributed by atoms with van der Waals surface area (Å²) >= 11 is 1.93. The van der Waals surface area contributed by atoms with E-state index in [-0.39, 0.29) is 5.41 Å². The summed E-state index contributed by atoms with van der Waals surface area (Å²) in [5.41, 5.74) is 3.82. The molecule has 3 aliphatic rings. The highest BCUT2D eigenvalue weighted by atomic mass is 32.2. The molecule has 0 saturated carbocycles. The van der Waals surface area contributed by atoms with E-state index in [1.54, 1.807) is 5.56 Å². The Morgan fingerprint density at radius 1 is 1.07 bits per heavy atom. The molecule has 0 bridgehead atoms. The van der Waals surface area contributed by atoms with Gasteiger partial charge in [0.2, 0.25) is 0 Å². The van der Waals surface area contributed by atoms with Crippen LogP contribution < -0.4 is 0 Å². The zero-order valence-corrected chi connectivity index (χ0v) is 17.4. The van der Waals surface area contributed by atoms with E-state index in [9.17, 15) is 5.11 Å². The number of nitrogens with zero attached hydrogens (tertiary/aromatic N) is 1. The van der Waals surface area contributed by atoms with Crippen molar-refractivity contribution in [1.82, 2.24) is 4.90 Å². The van der Waals surface area contributed by atoms with Gasteiger partial charge in [-0.1, -0.05) is 62.9 Å². The molecular formula is C24H29NOS. The number of rotatable bonds is 0. The molecule has 3 unspecified atom stereocenters. The Balaban J connectivity index is 1.60.